The van der Waals surface area contributed by atoms with Crippen molar-refractivity contribution < 1.29 is 0 Å². The van der Waals surface area contributed by atoms with Gasteiger partial charge < -0.3 is 5.73 Å². The predicted octanol–water partition coefficient (Wildman–Crippen LogP) is 2.95. The molecule has 0 amide bonds. The second-order valence-corrected chi connectivity index (χ2v) is 4.06. The number of rotatable bonds is 4. The third kappa shape index (κ3) is 2.08. The van der Waals surface area contributed by atoms with E-state index in [1.165, 1.54) is 0 Å². The predicted molar refractivity (Wildman–Crippen MR) is 60.3 cm³/mol. The van der Waals surface area contributed by atoms with Crippen LogP contribution in [0.4, 0.5) is 5.82 Å². The van der Waals surface area contributed by atoms with Gasteiger partial charge in [0.1, 0.15) is 5.82 Å². The summed E-state index contributed by atoms with van der Waals surface area (Å²) in [4.78, 5) is 0. The normalized spacial score (nSPS) is 11.6. The first-order valence-corrected chi connectivity index (χ1v) is 5.45. The molecule has 2 N–H and O–H groups in total. The lowest BCUT2D eigenvalue weighted by Crippen LogP contribution is -2.11. The van der Waals surface area contributed by atoms with E-state index in [4.69, 9.17) is 5.73 Å². The lowest BCUT2D eigenvalue weighted by Gasteiger charge is -2.14. The molecule has 3 nitrogen and oxygen atoms in total. The molecule has 0 aromatic carbocycles. The Morgan fingerprint density at radius 1 is 1.36 bits per heavy atom. The molecule has 0 atom stereocenters. The summed E-state index contributed by atoms with van der Waals surface area (Å²) in [6.45, 7) is 8.62. The zero-order chi connectivity index (χ0) is 10.7. The highest BCUT2D eigenvalue weighted by molar-refractivity contribution is 5.32. The first-order valence-electron chi connectivity index (χ1n) is 5.45. The summed E-state index contributed by atoms with van der Waals surface area (Å²) in [6.07, 6.45) is 2.17. The Labute approximate surface area is 86.3 Å². The van der Waals surface area contributed by atoms with Gasteiger partial charge >= 0.3 is 0 Å². The summed E-state index contributed by atoms with van der Waals surface area (Å²) in [5.41, 5.74) is 7.02. The van der Waals surface area contributed by atoms with E-state index in [1.54, 1.807) is 0 Å². The number of aromatic nitrogens is 2. The number of nitrogens with two attached hydrogens (primary N) is 1. The van der Waals surface area contributed by atoms with Crippen LogP contribution in [0.2, 0.25) is 0 Å². The van der Waals surface area contributed by atoms with Crippen LogP contribution in [0.15, 0.2) is 6.07 Å². The zero-order valence-electron chi connectivity index (χ0n) is 9.62. The van der Waals surface area contributed by atoms with Crippen LogP contribution in [0.3, 0.4) is 0 Å². The Morgan fingerprint density at radius 2 is 1.93 bits per heavy atom. The Hall–Kier alpha value is -0.990. The summed E-state index contributed by atoms with van der Waals surface area (Å²) < 4.78 is 1.97. The van der Waals surface area contributed by atoms with E-state index >= 15 is 0 Å². The molecule has 1 rings (SSSR count). The lowest BCUT2D eigenvalue weighted by molar-refractivity contribution is 0.430. The van der Waals surface area contributed by atoms with Crippen LogP contribution < -0.4 is 5.73 Å². The van der Waals surface area contributed by atoms with E-state index in [-0.39, 0.29) is 0 Å². The monoisotopic (exact) mass is 195 g/mol. The molecule has 1 heterocycles. The van der Waals surface area contributed by atoms with Crippen molar-refractivity contribution in [2.45, 2.75) is 52.5 Å². The van der Waals surface area contributed by atoms with Crippen molar-refractivity contribution in [3.8, 4) is 0 Å². The molecule has 3 heteroatoms. The summed E-state index contributed by atoms with van der Waals surface area (Å²) in [5, 5.41) is 4.54. The molecule has 0 aliphatic carbocycles. The third-order valence-electron chi connectivity index (χ3n) is 2.66. The van der Waals surface area contributed by atoms with E-state index < -0.39 is 0 Å². The van der Waals surface area contributed by atoms with Crippen molar-refractivity contribution in [2.75, 3.05) is 5.73 Å². The number of hydrogen-bond donors (Lipinski definition) is 1. The van der Waals surface area contributed by atoms with Crippen molar-refractivity contribution >= 4 is 5.82 Å². The minimum atomic E-state index is 0.447. The van der Waals surface area contributed by atoms with E-state index in [0.717, 1.165) is 24.4 Å². The standard InChI is InChI=1S/C11H21N3/c1-5-9(6-2)14-11(12)7-10(13-14)8(3)4/h7-9H,5-6,12H2,1-4H3. The number of nitrogen functional groups attached to an aromatic ring is 1. The van der Waals surface area contributed by atoms with Gasteiger partial charge in [-0.15, -0.1) is 0 Å². The van der Waals surface area contributed by atoms with Crippen LogP contribution >= 0.6 is 0 Å². The Kier molecular flexibility index (Phi) is 3.55. The molecule has 0 saturated carbocycles. The summed E-state index contributed by atoms with van der Waals surface area (Å²) in [6, 6.07) is 2.44. The third-order valence-corrected chi connectivity index (χ3v) is 2.66. The van der Waals surface area contributed by atoms with Crippen LogP contribution in [0.1, 0.15) is 58.2 Å². The summed E-state index contributed by atoms with van der Waals surface area (Å²) in [5.74, 6) is 1.25. The van der Waals surface area contributed by atoms with Gasteiger partial charge in [-0.25, -0.2) is 4.68 Å². The van der Waals surface area contributed by atoms with Gasteiger partial charge in [-0.1, -0.05) is 27.7 Å². The smallest absolute Gasteiger partial charge is 0.122 e. The summed E-state index contributed by atoms with van der Waals surface area (Å²) in [7, 11) is 0. The highest BCUT2D eigenvalue weighted by Crippen LogP contribution is 2.22. The Bertz CT molecular complexity index is 285. The largest absolute Gasteiger partial charge is 0.384 e. The fraction of sp³-hybridized carbons (Fsp3) is 0.727. The van der Waals surface area contributed by atoms with Crippen LogP contribution in [0, 0.1) is 0 Å². The fourth-order valence-electron chi connectivity index (χ4n) is 1.64. The van der Waals surface area contributed by atoms with Gasteiger partial charge in [0.2, 0.25) is 0 Å². The van der Waals surface area contributed by atoms with Gasteiger partial charge in [-0.3, -0.25) is 0 Å². The summed E-state index contributed by atoms with van der Waals surface area (Å²) >= 11 is 0. The Balaban J connectivity index is 2.96. The van der Waals surface area contributed by atoms with E-state index in [9.17, 15) is 0 Å². The maximum atomic E-state index is 5.93. The molecule has 1 aromatic heterocycles. The molecule has 0 aliphatic rings. The van der Waals surface area contributed by atoms with Crippen molar-refractivity contribution in [1.82, 2.24) is 9.78 Å². The minimum Gasteiger partial charge on any atom is -0.384 e. The minimum absolute atomic E-state index is 0.447. The molecule has 0 bridgehead atoms. The molecule has 0 radical (unpaired) electrons. The number of hydrogen-bond acceptors (Lipinski definition) is 2. The van der Waals surface area contributed by atoms with Gasteiger partial charge in [0.25, 0.3) is 0 Å². The van der Waals surface area contributed by atoms with Gasteiger partial charge in [0, 0.05) is 6.07 Å². The molecule has 0 fully saturated rings. The van der Waals surface area contributed by atoms with E-state index in [0.29, 0.717) is 12.0 Å². The average molecular weight is 195 g/mol. The second kappa shape index (κ2) is 4.49. The van der Waals surface area contributed by atoms with Gasteiger partial charge in [-0.05, 0) is 18.8 Å². The van der Waals surface area contributed by atoms with Crippen molar-refractivity contribution in [1.29, 1.82) is 0 Å². The highest BCUT2D eigenvalue weighted by atomic mass is 15.3. The van der Waals surface area contributed by atoms with Crippen LogP contribution in [-0.4, -0.2) is 9.78 Å². The van der Waals surface area contributed by atoms with E-state index in [1.807, 2.05) is 10.7 Å². The van der Waals surface area contributed by atoms with Gasteiger partial charge in [0.15, 0.2) is 0 Å². The fourth-order valence-corrected chi connectivity index (χ4v) is 1.64. The molecule has 0 spiro atoms. The van der Waals surface area contributed by atoms with Gasteiger partial charge in [0.05, 0.1) is 11.7 Å². The molecule has 0 saturated heterocycles. The van der Waals surface area contributed by atoms with Gasteiger partial charge in [-0.2, -0.15) is 5.10 Å². The van der Waals surface area contributed by atoms with Crippen molar-refractivity contribution in [3.63, 3.8) is 0 Å². The van der Waals surface area contributed by atoms with E-state index in [2.05, 4.69) is 32.8 Å². The molecule has 1 aromatic rings. The van der Waals surface area contributed by atoms with Crippen molar-refractivity contribution in [2.24, 2.45) is 0 Å². The lowest BCUT2D eigenvalue weighted by atomic mass is 10.1. The van der Waals surface area contributed by atoms with Crippen LogP contribution in [0.25, 0.3) is 0 Å². The highest BCUT2D eigenvalue weighted by Gasteiger charge is 2.13. The number of nitrogens with zero attached hydrogens (tertiary/aromatic N) is 2. The molecular formula is C11H21N3. The maximum Gasteiger partial charge on any atom is 0.122 e. The molecule has 80 valence electrons. The Morgan fingerprint density at radius 3 is 2.29 bits per heavy atom. The molecule has 0 aliphatic heterocycles. The first-order chi connectivity index (χ1) is 6.60. The quantitative estimate of drug-likeness (QED) is 0.802. The zero-order valence-corrected chi connectivity index (χ0v) is 9.62. The second-order valence-electron chi connectivity index (χ2n) is 4.06. The van der Waals surface area contributed by atoms with Crippen molar-refractivity contribution in [3.05, 3.63) is 11.8 Å². The number of anilines is 1. The topological polar surface area (TPSA) is 43.8 Å². The van der Waals surface area contributed by atoms with Crippen LogP contribution in [-0.2, 0) is 0 Å². The maximum absolute atomic E-state index is 5.93. The molecule has 14 heavy (non-hydrogen) atoms. The van der Waals surface area contributed by atoms with Crippen LogP contribution in [0.5, 0.6) is 0 Å². The molecule has 0 unspecified atom stereocenters. The first kappa shape index (κ1) is 11.1. The average Bonchev–Trinajstić information content (AvgIpc) is 2.51. The SMILES string of the molecule is CCC(CC)n1nc(C(C)C)cc1N. The molecular weight excluding hydrogens is 174 g/mol.